The Balaban J connectivity index is 1.19. The van der Waals surface area contributed by atoms with Crippen molar-refractivity contribution in [1.82, 2.24) is 0 Å². The lowest BCUT2D eigenvalue weighted by Crippen LogP contribution is -2.09. The molecule has 0 aliphatic carbocycles. The third kappa shape index (κ3) is 4.24. The lowest BCUT2D eigenvalue weighted by Gasteiger charge is -2.26. The van der Waals surface area contributed by atoms with Gasteiger partial charge in [-0.25, -0.2) is 0 Å². The Kier molecular flexibility index (Phi) is 6.12. The van der Waals surface area contributed by atoms with Gasteiger partial charge in [0.15, 0.2) is 0 Å². The molecule has 0 atom stereocenters. The van der Waals surface area contributed by atoms with E-state index in [0.717, 1.165) is 17.1 Å². The molecule has 1 nitrogen and oxygen atoms in total. The molecule has 10 rings (SSSR count). The van der Waals surface area contributed by atoms with Crippen LogP contribution >= 0.6 is 11.3 Å². The van der Waals surface area contributed by atoms with Crippen LogP contribution in [0.5, 0.6) is 0 Å². The van der Waals surface area contributed by atoms with Gasteiger partial charge < -0.3 is 4.90 Å². The van der Waals surface area contributed by atoms with Gasteiger partial charge in [0.2, 0.25) is 0 Å². The van der Waals surface area contributed by atoms with E-state index in [-0.39, 0.29) is 0 Å². The highest BCUT2D eigenvalue weighted by Gasteiger charge is 2.17. The minimum atomic E-state index is 1.13. The first-order chi connectivity index (χ1) is 23.8. The fourth-order valence-electron chi connectivity index (χ4n) is 7.60. The van der Waals surface area contributed by atoms with Gasteiger partial charge in [-0.1, -0.05) is 133 Å². The zero-order valence-corrected chi connectivity index (χ0v) is 26.9. The first-order valence-corrected chi connectivity index (χ1v) is 17.2. The van der Waals surface area contributed by atoms with Gasteiger partial charge >= 0.3 is 0 Å². The number of thiophene rings is 1. The second-order valence-corrected chi connectivity index (χ2v) is 13.6. The second kappa shape index (κ2) is 10.8. The standard InChI is InChI=1S/C46H29NS/c1-2-12-35-30(10-1)11-9-18-36(35)31-20-22-32(23-21-31)47(34-25-27-43-42-17-7-8-19-45(42)48-46(43)29-34)33-24-26-41-39-15-4-3-13-37(39)38-14-5-6-16-40(38)44(41)28-33/h1-29H. The summed E-state index contributed by atoms with van der Waals surface area (Å²) in [5.74, 6) is 0. The predicted molar refractivity (Wildman–Crippen MR) is 209 cm³/mol. The highest BCUT2D eigenvalue weighted by atomic mass is 32.1. The highest BCUT2D eigenvalue weighted by Crippen LogP contribution is 2.43. The normalized spacial score (nSPS) is 11.8. The molecule has 0 radical (unpaired) electrons. The summed E-state index contributed by atoms with van der Waals surface area (Å²) in [6.07, 6.45) is 0. The van der Waals surface area contributed by atoms with Crippen LogP contribution in [0.3, 0.4) is 0 Å². The number of nitrogens with zero attached hydrogens (tertiary/aromatic N) is 1. The van der Waals surface area contributed by atoms with Gasteiger partial charge in [-0.15, -0.1) is 11.3 Å². The highest BCUT2D eigenvalue weighted by molar-refractivity contribution is 7.25. The van der Waals surface area contributed by atoms with Crippen LogP contribution in [0.1, 0.15) is 0 Å². The minimum absolute atomic E-state index is 1.13. The van der Waals surface area contributed by atoms with E-state index in [2.05, 4.69) is 181 Å². The molecule has 48 heavy (non-hydrogen) atoms. The van der Waals surface area contributed by atoms with Gasteiger partial charge in [0, 0.05) is 37.2 Å². The molecule has 2 heteroatoms. The Morgan fingerprint density at radius 2 is 0.812 bits per heavy atom. The molecule has 0 saturated carbocycles. The summed E-state index contributed by atoms with van der Waals surface area (Å²) in [4.78, 5) is 2.42. The molecule has 0 aliphatic heterocycles. The first-order valence-electron chi connectivity index (χ1n) is 16.4. The maximum atomic E-state index is 2.42. The van der Waals surface area contributed by atoms with E-state index in [0.29, 0.717) is 0 Å². The molecule has 10 aromatic rings. The van der Waals surface area contributed by atoms with Crippen molar-refractivity contribution in [3.63, 3.8) is 0 Å². The predicted octanol–water partition coefficient (Wildman–Crippen LogP) is 13.8. The topological polar surface area (TPSA) is 3.24 Å². The molecular weight excluding hydrogens is 599 g/mol. The maximum absolute atomic E-state index is 2.42. The van der Waals surface area contributed by atoms with E-state index in [1.807, 2.05) is 11.3 Å². The van der Waals surface area contributed by atoms with Crippen LogP contribution in [0.2, 0.25) is 0 Å². The summed E-state index contributed by atoms with van der Waals surface area (Å²) in [6, 6.07) is 64.5. The molecule has 0 N–H and O–H groups in total. The van der Waals surface area contributed by atoms with E-state index < -0.39 is 0 Å². The maximum Gasteiger partial charge on any atom is 0.0476 e. The third-order valence-corrected chi connectivity index (χ3v) is 11.0. The summed E-state index contributed by atoms with van der Waals surface area (Å²) < 4.78 is 2.61. The van der Waals surface area contributed by atoms with Crippen molar-refractivity contribution < 1.29 is 0 Å². The lowest BCUT2D eigenvalue weighted by atomic mass is 9.94. The first kappa shape index (κ1) is 27.2. The molecule has 0 bridgehead atoms. The van der Waals surface area contributed by atoms with Gasteiger partial charge in [-0.2, -0.15) is 0 Å². The smallest absolute Gasteiger partial charge is 0.0476 e. The number of anilines is 3. The number of benzene rings is 9. The largest absolute Gasteiger partial charge is 0.310 e. The molecule has 0 saturated heterocycles. The van der Waals surface area contributed by atoms with E-state index in [1.54, 1.807) is 0 Å². The van der Waals surface area contributed by atoms with Crippen LogP contribution in [-0.4, -0.2) is 0 Å². The van der Waals surface area contributed by atoms with E-state index >= 15 is 0 Å². The number of hydrogen-bond acceptors (Lipinski definition) is 2. The SMILES string of the molecule is c1ccc2c(-c3ccc(N(c4ccc5c(c4)sc4ccccc45)c4ccc5c6ccccc6c6ccccc6c5c4)cc3)cccc2c1. The summed E-state index contributed by atoms with van der Waals surface area (Å²) in [7, 11) is 0. The monoisotopic (exact) mass is 627 g/mol. The molecule has 0 fully saturated rings. The van der Waals surface area contributed by atoms with Gasteiger partial charge in [0.25, 0.3) is 0 Å². The van der Waals surface area contributed by atoms with Crippen LogP contribution in [0.15, 0.2) is 176 Å². The van der Waals surface area contributed by atoms with Crippen molar-refractivity contribution in [3.8, 4) is 11.1 Å². The average Bonchev–Trinajstić information content (AvgIpc) is 3.53. The zero-order valence-electron chi connectivity index (χ0n) is 26.1. The molecule has 0 aliphatic rings. The van der Waals surface area contributed by atoms with Crippen LogP contribution in [0.25, 0.3) is 74.4 Å². The van der Waals surface area contributed by atoms with E-state index in [1.165, 1.54) is 74.4 Å². The minimum Gasteiger partial charge on any atom is -0.310 e. The molecule has 0 spiro atoms. The Bertz CT molecular complexity index is 2800. The zero-order chi connectivity index (χ0) is 31.6. The molecule has 0 unspecified atom stereocenters. The quantitative estimate of drug-likeness (QED) is 0.176. The van der Waals surface area contributed by atoms with Gasteiger partial charge in [-0.05, 0) is 96.7 Å². The average molecular weight is 628 g/mol. The summed E-state index contributed by atoms with van der Waals surface area (Å²) in [5, 5.41) is 12.8. The fraction of sp³-hybridized carbons (Fsp3) is 0. The Morgan fingerprint density at radius 1 is 0.312 bits per heavy atom. The number of hydrogen-bond donors (Lipinski definition) is 0. The van der Waals surface area contributed by atoms with Gasteiger partial charge in [0.05, 0.1) is 0 Å². The van der Waals surface area contributed by atoms with Gasteiger partial charge in [-0.3, -0.25) is 0 Å². The number of rotatable bonds is 4. The Morgan fingerprint density at radius 3 is 1.54 bits per heavy atom. The van der Waals surface area contributed by atoms with Crippen molar-refractivity contribution in [2.45, 2.75) is 0 Å². The van der Waals surface area contributed by atoms with Crippen molar-refractivity contribution >= 4 is 91.7 Å². The van der Waals surface area contributed by atoms with Gasteiger partial charge in [0.1, 0.15) is 0 Å². The molecule has 1 aromatic heterocycles. The molecule has 224 valence electrons. The molecule has 1 heterocycles. The lowest BCUT2D eigenvalue weighted by molar-refractivity contribution is 1.30. The second-order valence-electron chi connectivity index (χ2n) is 12.5. The van der Waals surface area contributed by atoms with E-state index in [9.17, 15) is 0 Å². The van der Waals surface area contributed by atoms with Crippen LogP contribution < -0.4 is 4.90 Å². The van der Waals surface area contributed by atoms with Crippen molar-refractivity contribution in [2.75, 3.05) is 4.90 Å². The summed E-state index contributed by atoms with van der Waals surface area (Å²) in [6.45, 7) is 0. The summed E-state index contributed by atoms with van der Waals surface area (Å²) in [5.41, 5.74) is 5.88. The van der Waals surface area contributed by atoms with Crippen LogP contribution in [-0.2, 0) is 0 Å². The Labute approximate surface area is 282 Å². The van der Waals surface area contributed by atoms with E-state index in [4.69, 9.17) is 0 Å². The van der Waals surface area contributed by atoms with Crippen molar-refractivity contribution in [1.29, 1.82) is 0 Å². The molecule has 0 amide bonds. The van der Waals surface area contributed by atoms with Crippen LogP contribution in [0.4, 0.5) is 17.1 Å². The third-order valence-electron chi connectivity index (χ3n) is 9.83. The van der Waals surface area contributed by atoms with Crippen LogP contribution in [0, 0.1) is 0 Å². The molecule has 9 aromatic carbocycles. The van der Waals surface area contributed by atoms with Crippen molar-refractivity contribution in [3.05, 3.63) is 176 Å². The van der Waals surface area contributed by atoms with Crippen molar-refractivity contribution in [2.24, 2.45) is 0 Å². The summed E-state index contributed by atoms with van der Waals surface area (Å²) >= 11 is 1.86. The number of fused-ring (bicyclic) bond motifs is 10. The Hall–Kier alpha value is -5.96. The molecular formula is C46H29NS. The fourth-order valence-corrected chi connectivity index (χ4v) is 8.74.